The zero-order chi connectivity index (χ0) is 17.2. The predicted octanol–water partition coefficient (Wildman–Crippen LogP) is 5.44. The third kappa shape index (κ3) is 3.17. The number of nitro groups is 1. The van der Waals surface area contributed by atoms with Crippen molar-refractivity contribution in [3.63, 3.8) is 0 Å². The van der Waals surface area contributed by atoms with Crippen molar-refractivity contribution in [3.8, 4) is 21.8 Å². The van der Waals surface area contributed by atoms with Crippen LogP contribution in [-0.2, 0) is 0 Å². The van der Waals surface area contributed by atoms with Gasteiger partial charge in [0.2, 0.25) is 0 Å². The summed E-state index contributed by atoms with van der Waals surface area (Å²) in [6.45, 7) is 0. The Hall–Kier alpha value is -2.60. The van der Waals surface area contributed by atoms with Crippen molar-refractivity contribution in [1.82, 2.24) is 9.97 Å². The molecule has 4 rings (SSSR count). The maximum atomic E-state index is 10.8. The van der Waals surface area contributed by atoms with Crippen molar-refractivity contribution >= 4 is 17.0 Å². The number of nitrogens with zero attached hydrogens (tertiary/aromatic N) is 3. The second-order valence-electron chi connectivity index (χ2n) is 6.29. The summed E-state index contributed by atoms with van der Waals surface area (Å²) < 4.78 is 0. The molecule has 0 amide bonds. The molecule has 3 aromatic rings. The van der Waals surface area contributed by atoms with Crippen LogP contribution in [0.15, 0.2) is 48.1 Å². The fourth-order valence-corrected chi connectivity index (χ4v) is 4.32. The second kappa shape index (κ2) is 6.72. The minimum Gasteiger partial charge on any atom is -0.264 e. The Kier molecular flexibility index (Phi) is 4.28. The van der Waals surface area contributed by atoms with E-state index in [1.165, 1.54) is 43.4 Å². The number of hydrogen-bond donors (Lipinski definition) is 0. The van der Waals surface area contributed by atoms with Gasteiger partial charge in [0.25, 0.3) is 5.69 Å². The maximum absolute atomic E-state index is 10.8. The first-order valence-corrected chi connectivity index (χ1v) is 9.25. The minimum atomic E-state index is -0.389. The molecule has 126 valence electrons. The quantitative estimate of drug-likeness (QED) is 0.464. The van der Waals surface area contributed by atoms with Crippen LogP contribution in [0.3, 0.4) is 0 Å². The molecule has 1 aromatic carbocycles. The minimum absolute atomic E-state index is 0.0926. The van der Waals surface area contributed by atoms with Crippen LogP contribution in [0.1, 0.15) is 37.2 Å². The van der Waals surface area contributed by atoms with Crippen LogP contribution in [0, 0.1) is 10.1 Å². The second-order valence-corrected chi connectivity index (χ2v) is 7.14. The summed E-state index contributed by atoms with van der Waals surface area (Å²) in [7, 11) is 0. The van der Waals surface area contributed by atoms with E-state index in [9.17, 15) is 10.1 Å². The Bertz CT molecular complexity index is 899. The highest BCUT2D eigenvalue weighted by Crippen LogP contribution is 2.40. The number of nitro benzene ring substituents is 1. The average molecular weight is 351 g/mol. The lowest BCUT2D eigenvalue weighted by Gasteiger charge is -2.13. The molecule has 0 atom stereocenters. The van der Waals surface area contributed by atoms with Gasteiger partial charge in [-0.15, -0.1) is 11.3 Å². The fraction of sp³-hybridized carbons (Fsp3) is 0.263. The van der Waals surface area contributed by atoms with Crippen molar-refractivity contribution in [2.24, 2.45) is 0 Å². The van der Waals surface area contributed by atoms with Crippen LogP contribution in [0.5, 0.6) is 0 Å². The van der Waals surface area contributed by atoms with E-state index in [0.29, 0.717) is 5.92 Å². The van der Waals surface area contributed by atoms with Gasteiger partial charge in [0.15, 0.2) is 0 Å². The lowest BCUT2D eigenvalue weighted by molar-refractivity contribution is -0.384. The van der Waals surface area contributed by atoms with Gasteiger partial charge >= 0.3 is 0 Å². The van der Waals surface area contributed by atoms with Gasteiger partial charge in [0, 0.05) is 41.0 Å². The Morgan fingerprint density at radius 1 is 1.12 bits per heavy atom. The topological polar surface area (TPSA) is 68.9 Å². The molecule has 25 heavy (non-hydrogen) atoms. The number of pyridine rings is 1. The number of aromatic nitrogens is 2. The van der Waals surface area contributed by atoms with Crippen LogP contribution in [0.4, 0.5) is 5.69 Å². The highest BCUT2D eigenvalue weighted by atomic mass is 32.1. The summed E-state index contributed by atoms with van der Waals surface area (Å²) >= 11 is 1.60. The molecule has 5 nitrogen and oxygen atoms in total. The van der Waals surface area contributed by atoms with E-state index in [0.717, 1.165) is 21.8 Å². The SMILES string of the molecule is O=[N+]([O-])c1ccc(-c2csc(-c3cnccc3C3CCCC3)n2)cc1. The molecule has 6 heteroatoms. The number of hydrogen-bond acceptors (Lipinski definition) is 5. The molecule has 0 bridgehead atoms. The highest BCUT2D eigenvalue weighted by Gasteiger charge is 2.21. The van der Waals surface area contributed by atoms with Crippen LogP contribution >= 0.6 is 11.3 Å². The first kappa shape index (κ1) is 15.9. The molecule has 0 N–H and O–H groups in total. The van der Waals surface area contributed by atoms with E-state index in [-0.39, 0.29) is 10.6 Å². The Morgan fingerprint density at radius 3 is 2.60 bits per heavy atom. The lowest BCUT2D eigenvalue weighted by atomic mass is 9.95. The Balaban J connectivity index is 1.67. The first-order valence-electron chi connectivity index (χ1n) is 8.37. The van der Waals surface area contributed by atoms with Crippen LogP contribution in [0.2, 0.25) is 0 Å². The number of thiazole rings is 1. The van der Waals surface area contributed by atoms with Crippen molar-refractivity contribution < 1.29 is 4.92 Å². The van der Waals surface area contributed by atoms with Gasteiger partial charge in [-0.3, -0.25) is 15.1 Å². The molecule has 1 aliphatic carbocycles. The lowest BCUT2D eigenvalue weighted by Crippen LogP contribution is -1.96. The van der Waals surface area contributed by atoms with Crippen LogP contribution in [-0.4, -0.2) is 14.9 Å². The summed E-state index contributed by atoms with van der Waals surface area (Å²) in [5, 5.41) is 13.7. The number of benzene rings is 1. The van der Waals surface area contributed by atoms with Crippen molar-refractivity contribution in [2.45, 2.75) is 31.6 Å². The van der Waals surface area contributed by atoms with Gasteiger partial charge in [-0.1, -0.05) is 12.8 Å². The molecule has 2 aromatic heterocycles. The summed E-state index contributed by atoms with van der Waals surface area (Å²) in [6, 6.07) is 8.65. The molecule has 0 spiro atoms. The first-order chi connectivity index (χ1) is 12.2. The molecule has 0 unspecified atom stereocenters. The molecule has 0 aliphatic heterocycles. The van der Waals surface area contributed by atoms with Crippen LogP contribution in [0.25, 0.3) is 21.8 Å². The van der Waals surface area contributed by atoms with Crippen molar-refractivity contribution in [1.29, 1.82) is 0 Å². The van der Waals surface area contributed by atoms with E-state index in [2.05, 4.69) is 11.1 Å². The van der Waals surface area contributed by atoms with Crippen molar-refractivity contribution in [2.75, 3.05) is 0 Å². The van der Waals surface area contributed by atoms with Gasteiger partial charge in [-0.2, -0.15) is 0 Å². The third-order valence-electron chi connectivity index (χ3n) is 4.76. The molecular weight excluding hydrogens is 334 g/mol. The molecule has 0 radical (unpaired) electrons. The normalized spacial score (nSPS) is 14.7. The summed E-state index contributed by atoms with van der Waals surface area (Å²) in [5.74, 6) is 0.602. The molecule has 1 saturated carbocycles. The zero-order valence-electron chi connectivity index (χ0n) is 13.6. The van der Waals surface area contributed by atoms with E-state index < -0.39 is 0 Å². The molecule has 1 aliphatic rings. The van der Waals surface area contributed by atoms with Gasteiger partial charge < -0.3 is 0 Å². The van der Waals surface area contributed by atoms with Crippen molar-refractivity contribution in [3.05, 3.63) is 63.8 Å². The van der Waals surface area contributed by atoms with Gasteiger partial charge in [-0.05, 0) is 42.5 Å². The van der Waals surface area contributed by atoms with Gasteiger partial charge in [0.05, 0.1) is 10.6 Å². The molecule has 1 fully saturated rings. The zero-order valence-corrected chi connectivity index (χ0v) is 14.4. The predicted molar refractivity (Wildman–Crippen MR) is 98.6 cm³/mol. The monoisotopic (exact) mass is 351 g/mol. The van der Waals surface area contributed by atoms with Crippen LogP contribution < -0.4 is 0 Å². The Labute approximate surface area is 149 Å². The number of rotatable bonds is 4. The van der Waals surface area contributed by atoms with Gasteiger partial charge in [0.1, 0.15) is 5.01 Å². The number of non-ortho nitro benzene ring substituents is 1. The largest absolute Gasteiger partial charge is 0.269 e. The summed E-state index contributed by atoms with van der Waals surface area (Å²) in [4.78, 5) is 19.5. The van der Waals surface area contributed by atoms with Gasteiger partial charge in [-0.25, -0.2) is 4.98 Å². The van der Waals surface area contributed by atoms with E-state index in [1.54, 1.807) is 23.5 Å². The molecule has 0 saturated heterocycles. The molecule has 2 heterocycles. The fourth-order valence-electron chi connectivity index (χ4n) is 3.46. The Morgan fingerprint density at radius 2 is 1.88 bits per heavy atom. The highest BCUT2D eigenvalue weighted by molar-refractivity contribution is 7.13. The summed E-state index contributed by atoms with van der Waals surface area (Å²) in [5.41, 5.74) is 4.29. The van der Waals surface area contributed by atoms with E-state index in [1.807, 2.05) is 17.8 Å². The standard InChI is InChI=1S/C19H17N3O2S/c23-22(24)15-7-5-14(6-8-15)18-12-25-19(21-18)17-11-20-10-9-16(17)13-3-1-2-4-13/h5-13H,1-4H2. The smallest absolute Gasteiger partial charge is 0.264 e. The average Bonchev–Trinajstić information content (AvgIpc) is 3.34. The molecular formula is C19H17N3O2S. The van der Waals surface area contributed by atoms with E-state index in [4.69, 9.17) is 4.98 Å². The van der Waals surface area contributed by atoms with E-state index >= 15 is 0 Å². The maximum Gasteiger partial charge on any atom is 0.269 e. The third-order valence-corrected chi connectivity index (χ3v) is 5.63. The summed E-state index contributed by atoms with van der Waals surface area (Å²) in [6.07, 6.45) is 8.82.